The number of nitrogens with one attached hydrogen (secondary N) is 1. The van der Waals surface area contributed by atoms with Crippen molar-refractivity contribution >= 4 is 40.5 Å². The highest BCUT2D eigenvalue weighted by atomic mass is 19.1. The Hall–Kier alpha value is -6.09. The first kappa shape index (κ1) is 32.1. The number of nitrogen functional groups attached to an aromatic ring is 1. The number of aromatic nitrogens is 4. The van der Waals surface area contributed by atoms with Crippen molar-refractivity contribution in [3.63, 3.8) is 0 Å². The molecule has 0 spiro atoms. The topological polar surface area (TPSA) is 166 Å². The molecule has 3 atom stereocenters. The number of carbonyl (C=O) groups is 4. The maximum atomic E-state index is 16.1. The summed E-state index contributed by atoms with van der Waals surface area (Å²) in [5, 5.41) is 7.43. The Kier molecular flexibility index (Phi) is 7.98. The number of amides is 4. The van der Waals surface area contributed by atoms with E-state index < -0.39 is 47.7 Å². The van der Waals surface area contributed by atoms with Crippen molar-refractivity contribution in [1.29, 1.82) is 0 Å². The number of imide groups is 2. The molecule has 0 bridgehead atoms. The van der Waals surface area contributed by atoms with Crippen LogP contribution >= 0.6 is 0 Å². The van der Waals surface area contributed by atoms with Gasteiger partial charge in [-0.25, -0.2) is 23.4 Å². The van der Waals surface area contributed by atoms with Gasteiger partial charge in [0.1, 0.15) is 47.4 Å². The third kappa shape index (κ3) is 5.74. The van der Waals surface area contributed by atoms with Crippen LogP contribution in [-0.4, -0.2) is 78.5 Å². The van der Waals surface area contributed by atoms with Crippen molar-refractivity contribution < 1.29 is 32.7 Å². The number of likely N-dealkylation sites (tertiary alicyclic amines) is 1. The van der Waals surface area contributed by atoms with E-state index in [1.54, 1.807) is 21.7 Å². The van der Waals surface area contributed by atoms with E-state index in [1.807, 2.05) is 42.5 Å². The molecular formula is C36H30F2N8O5. The highest BCUT2D eigenvalue weighted by molar-refractivity contribution is 6.23. The first-order chi connectivity index (χ1) is 24.7. The van der Waals surface area contributed by atoms with E-state index in [4.69, 9.17) is 15.6 Å². The standard InChI is InChI=1S/C36H30F2N8O5/c37-25-15-24-23(35(49)45(36(24)50)28-10-11-29(47)42-34(28)48)14-20(25)16-44-13-12-27(26(38)17-44)46-33-30(32(39)40-18-41-33)31(43-46)19-6-8-22(9-7-19)51-21-4-2-1-3-5-21/h1-9,14-15,18,26-28H,10-13,16-17H2,(H2,39,40,41)(H,42,47,48)/t26-,27+,28?/m0/s1. The summed E-state index contributed by atoms with van der Waals surface area (Å²) in [6.45, 7) is 0.267. The van der Waals surface area contributed by atoms with Gasteiger partial charge < -0.3 is 10.5 Å². The maximum Gasteiger partial charge on any atom is 0.262 e. The van der Waals surface area contributed by atoms with Gasteiger partial charge in [0.25, 0.3) is 11.8 Å². The van der Waals surface area contributed by atoms with Crippen LogP contribution in [0.2, 0.25) is 0 Å². The van der Waals surface area contributed by atoms with E-state index in [-0.39, 0.29) is 48.4 Å². The molecule has 51 heavy (non-hydrogen) atoms. The predicted octanol–water partition coefficient (Wildman–Crippen LogP) is 4.19. The third-order valence-electron chi connectivity index (χ3n) is 9.53. The van der Waals surface area contributed by atoms with Gasteiger partial charge in [-0.15, -0.1) is 0 Å². The van der Waals surface area contributed by atoms with Gasteiger partial charge in [0.2, 0.25) is 11.8 Å². The number of halogens is 2. The van der Waals surface area contributed by atoms with E-state index in [1.165, 1.54) is 12.4 Å². The van der Waals surface area contributed by atoms with Gasteiger partial charge >= 0.3 is 0 Å². The van der Waals surface area contributed by atoms with Crippen molar-refractivity contribution in [3.05, 3.63) is 95.6 Å². The molecule has 258 valence electrons. The second-order valence-corrected chi connectivity index (χ2v) is 12.7. The smallest absolute Gasteiger partial charge is 0.262 e. The molecule has 1 unspecified atom stereocenters. The van der Waals surface area contributed by atoms with Crippen molar-refractivity contribution in [3.8, 4) is 22.8 Å². The summed E-state index contributed by atoms with van der Waals surface area (Å²) in [7, 11) is 0. The molecule has 0 saturated carbocycles. The lowest BCUT2D eigenvalue weighted by Gasteiger charge is -2.35. The predicted molar refractivity (Wildman–Crippen MR) is 179 cm³/mol. The molecule has 8 rings (SSSR count). The van der Waals surface area contributed by atoms with Crippen LogP contribution in [0.1, 0.15) is 51.6 Å². The Bertz CT molecular complexity index is 2230. The summed E-state index contributed by atoms with van der Waals surface area (Å²) in [6, 6.07) is 17.0. The van der Waals surface area contributed by atoms with Crippen molar-refractivity contribution in [2.45, 2.75) is 44.1 Å². The normalized spacial score (nSPS) is 20.9. The van der Waals surface area contributed by atoms with Gasteiger partial charge in [-0.2, -0.15) is 5.10 Å². The fourth-order valence-corrected chi connectivity index (χ4v) is 7.01. The minimum absolute atomic E-state index is 0.0139. The van der Waals surface area contributed by atoms with Crippen LogP contribution in [-0.2, 0) is 16.1 Å². The summed E-state index contributed by atoms with van der Waals surface area (Å²) in [6.07, 6.45) is 0.134. The molecule has 2 fully saturated rings. The molecule has 3 aliphatic rings. The molecule has 0 aliphatic carbocycles. The number of carbonyl (C=O) groups excluding carboxylic acids is 4. The van der Waals surface area contributed by atoms with Gasteiger partial charge in [-0.1, -0.05) is 18.2 Å². The Balaban J connectivity index is 1.00. The summed E-state index contributed by atoms with van der Waals surface area (Å²) < 4.78 is 38.9. The first-order valence-electron chi connectivity index (χ1n) is 16.4. The molecule has 5 heterocycles. The molecule has 15 heteroatoms. The quantitative estimate of drug-likeness (QED) is 0.236. The molecule has 3 aromatic carbocycles. The number of hydrogen-bond donors (Lipinski definition) is 2. The zero-order valence-electron chi connectivity index (χ0n) is 27.0. The lowest BCUT2D eigenvalue weighted by atomic mass is 10.0. The zero-order valence-corrected chi connectivity index (χ0v) is 27.0. The van der Waals surface area contributed by atoms with E-state index >= 15 is 8.78 Å². The van der Waals surface area contributed by atoms with E-state index in [0.29, 0.717) is 46.8 Å². The number of nitrogens with zero attached hydrogens (tertiary/aromatic N) is 6. The van der Waals surface area contributed by atoms with Gasteiger partial charge in [0.15, 0.2) is 5.65 Å². The molecule has 0 radical (unpaired) electrons. The Labute approximate surface area is 289 Å². The monoisotopic (exact) mass is 692 g/mol. The first-order valence-corrected chi connectivity index (χ1v) is 16.4. The van der Waals surface area contributed by atoms with Crippen LogP contribution < -0.4 is 15.8 Å². The second kappa shape index (κ2) is 12.7. The number of alkyl halides is 1. The molecular weight excluding hydrogens is 662 g/mol. The van der Waals surface area contributed by atoms with Crippen molar-refractivity contribution in [1.82, 2.24) is 34.9 Å². The number of piperidine rings is 2. The summed E-state index contributed by atoms with van der Waals surface area (Å²) in [5.74, 6) is -2.00. The number of para-hydroxylation sites is 1. The molecule has 3 aliphatic heterocycles. The Morgan fingerprint density at radius 2 is 1.65 bits per heavy atom. The number of fused-ring (bicyclic) bond motifs is 2. The largest absolute Gasteiger partial charge is 0.457 e. The average molecular weight is 693 g/mol. The van der Waals surface area contributed by atoms with E-state index in [2.05, 4.69) is 15.3 Å². The lowest BCUT2D eigenvalue weighted by Crippen LogP contribution is -2.54. The maximum absolute atomic E-state index is 16.1. The van der Waals surface area contributed by atoms with Gasteiger partial charge in [0, 0.05) is 37.2 Å². The van der Waals surface area contributed by atoms with Crippen LogP contribution in [0.25, 0.3) is 22.3 Å². The van der Waals surface area contributed by atoms with Gasteiger partial charge in [0.05, 0.1) is 22.6 Å². The number of anilines is 1. The van der Waals surface area contributed by atoms with Crippen molar-refractivity contribution in [2.24, 2.45) is 0 Å². The second-order valence-electron chi connectivity index (χ2n) is 12.7. The zero-order chi connectivity index (χ0) is 35.4. The number of hydrogen-bond acceptors (Lipinski definition) is 10. The fourth-order valence-electron chi connectivity index (χ4n) is 7.01. The molecule has 2 aromatic heterocycles. The molecule has 5 aromatic rings. The summed E-state index contributed by atoms with van der Waals surface area (Å²) >= 11 is 0. The minimum atomic E-state index is -1.43. The minimum Gasteiger partial charge on any atom is -0.457 e. The highest BCUT2D eigenvalue weighted by Gasteiger charge is 2.45. The molecule has 2 saturated heterocycles. The average Bonchev–Trinajstić information content (AvgIpc) is 3.61. The van der Waals surface area contributed by atoms with Crippen LogP contribution in [0.3, 0.4) is 0 Å². The Morgan fingerprint density at radius 1 is 0.922 bits per heavy atom. The number of nitrogens with two attached hydrogens (primary N) is 1. The number of ether oxygens (including phenoxy) is 1. The summed E-state index contributed by atoms with van der Waals surface area (Å²) in [4.78, 5) is 61.4. The molecule has 4 amide bonds. The number of benzene rings is 3. The van der Waals surface area contributed by atoms with E-state index in [0.717, 1.165) is 11.0 Å². The highest BCUT2D eigenvalue weighted by Crippen LogP contribution is 2.37. The lowest BCUT2D eigenvalue weighted by molar-refractivity contribution is -0.136. The van der Waals surface area contributed by atoms with Crippen LogP contribution in [0.5, 0.6) is 11.5 Å². The van der Waals surface area contributed by atoms with Gasteiger partial charge in [-0.05, 0) is 61.4 Å². The van der Waals surface area contributed by atoms with Crippen LogP contribution in [0.4, 0.5) is 14.6 Å². The molecule has 3 N–H and O–H groups in total. The van der Waals surface area contributed by atoms with Gasteiger partial charge in [-0.3, -0.25) is 34.3 Å². The SMILES string of the molecule is Nc1ncnc2c1c(-c1ccc(Oc3ccccc3)cc1)nn2[C@@H]1CCN(Cc2cc3c(cc2F)C(=O)N(C2CCC(=O)NC2=O)C3=O)C[C@@H]1F. The van der Waals surface area contributed by atoms with E-state index in [9.17, 15) is 19.2 Å². The van der Waals surface area contributed by atoms with Crippen molar-refractivity contribution in [2.75, 3.05) is 18.8 Å². The van der Waals surface area contributed by atoms with Crippen LogP contribution in [0.15, 0.2) is 73.1 Å². The third-order valence-corrected chi connectivity index (χ3v) is 9.53. The summed E-state index contributed by atoms with van der Waals surface area (Å²) in [5.41, 5.74) is 7.80. The fraction of sp³-hybridized carbons (Fsp3) is 0.250. The molecule has 13 nitrogen and oxygen atoms in total. The number of rotatable bonds is 7. The van der Waals surface area contributed by atoms with Crippen LogP contribution in [0, 0.1) is 5.82 Å². The Morgan fingerprint density at radius 3 is 2.37 bits per heavy atom.